The van der Waals surface area contributed by atoms with E-state index >= 15 is 0 Å². The standard InChI is InChI=1S/C9H16O4/c1-4-12-9(10)6-5-8(13-11)7(2)3/h5-8,11H,4H2,1-3H3/b6-5+. The Balaban J connectivity index is 3.99. The zero-order valence-corrected chi connectivity index (χ0v) is 8.19. The average molecular weight is 188 g/mol. The van der Waals surface area contributed by atoms with Gasteiger partial charge in [0.25, 0.3) is 0 Å². The van der Waals surface area contributed by atoms with Crippen LogP contribution in [0.15, 0.2) is 12.2 Å². The van der Waals surface area contributed by atoms with Crippen molar-refractivity contribution in [2.24, 2.45) is 5.92 Å². The van der Waals surface area contributed by atoms with Gasteiger partial charge in [-0.2, -0.15) is 0 Å². The van der Waals surface area contributed by atoms with E-state index < -0.39 is 12.1 Å². The number of carbonyl (C=O) groups excluding carboxylic acids is 1. The molecular weight excluding hydrogens is 172 g/mol. The second-order valence-electron chi connectivity index (χ2n) is 2.93. The first-order valence-electron chi connectivity index (χ1n) is 4.27. The third-order valence-electron chi connectivity index (χ3n) is 1.49. The quantitative estimate of drug-likeness (QED) is 0.308. The van der Waals surface area contributed by atoms with Crippen molar-refractivity contribution in [2.45, 2.75) is 26.9 Å². The summed E-state index contributed by atoms with van der Waals surface area (Å²) in [5.41, 5.74) is 0. The second kappa shape index (κ2) is 6.62. The van der Waals surface area contributed by atoms with E-state index in [1.807, 2.05) is 13.8 Å². The molecule has 0 aromatic heterocycles. The molecule has 76 valence electrons. The van der Waals surface area contributed by atoms with Gasteiger partial charge >= 0.3 is 5.97 Å². The Kier molecular flexibility index (Phi) is 6.18. The maximum atomic E-state index is 10.8. The molecule has 0 fully saturated rings. The lowest BCUT2D eigenvalue weighted by atomic mass is 10.1. The Morgan fingerprint density at radius 2 is 2.15 bits per heavy atom. The van der Waals surface area contributed by atoms with Gasteiger partial charge in [-0.1, -0.05) is 13.8 Å². The highest BCUT2D eigenvalue weighted by molar-refractivity contribution is 5.81. The van der Waals surface area contributed by atoms with Crippen LogP contribution in [0.2, 0.25) is 0 Å². The highest BCUT2D eigenvalue weighted by atomic mass is 17.1. The first-order chi connectivity index (χ1) is 6.11. The summed E-state index contributed by atoms with van der Waals surface area (Å²) in [7, 11) is 0. The minimum absolute atomic E-state index is 0.107. The minimum atomic E-state index is -0.468. The average Bonchev–Trinajstić information content (AvgIpc) is 2.05. The molecule has 1 N–H and O–H groups in total. The van der Waals surface area contributed by atoms with Gasteiger partial charge in [-0.25, -0.2) is 9.68 Å². The van der Waals surface area contributed by atoms with Crippen molar-refractivity contribution < 1.29 is 19.7 Å². The molecule has 0 rings (SSSR count). The largest absolute Gasteiger partial charge is 0.463 e. The lowest BCUT2D eigenvalue weighted by molar-refractivity contribution is -0.274. The van der Waals surface area contributed by atoms with Crippen LogP contribution in [-0.2, 0) is 14.4 Å². The number of esters is 1. The SMILES string of the molecule is CCOC(=O)/C=C/C(OO)C(C)C. The van der Waals surface area contributed by atoms with E-state index in [9.17, 15) is 4.79 Å². The summed E-state index contributed by atoms with van der Waals surface area (Å²) >= 11 is 0. The summed E-state index contributed by atoms with van der Waals surface area (Å²) in [4.78, 5) is 15.0. The summed E-state index contributed by atoms with van der Waals surface area (Å²) in [5.74, 6) is -0.319. The van der Waals surface area contributed by atoms with Gasteiger partial charge in [0, 0.05) is 6.08 Å². The van der Waals surface area contributed by atoms with Gasteiger partial charge in [-0.3, -0.25) is 5.26 Å². The third kappa shape index (κ3) is 5.38. The van der Waals surface area contributed by atoms with Crippen molar-refractivity contribution in [3.63, 3.8) is 0 Å². The molecule has 1 unspecified atom stereocenters. The summed E-state index contributed by atoms with van der Waals surface area (Å²) < 4.78 is 4.65. The van der Waals surface area contributed by atoms with Crippen LogP contribution in [0.25, 0.3) is 0 Å². The molecule has 13 heavy (non-hydrogen) atoms. The molecule has 0 aliphatic rings. The van der Waals surface area contributed by atoms with Crippen LogP contribution in [-0.4, -0.2) is 23.9 Å². The van der Waals surface area contributed by atoms with Crippen LogP contribution in [0.3, 0.4) is 0 Å². The summed E-state index contributed by atoms with van der Waals surface area (Å²) in [6.45, 7) is 5.82. The first-order valence-corrected chi connectivity index (χ1v) is 4.27. The maximum absolute atomic E-state index is 10.8. The van der Waals surface area contributed by atoms with Crippen LogP contribution in [0.4, 0.5) is 0 Å². The van der Waals surface area contributed by atoms with Crippen molar-refractivity contribution >= 4 is 5.97 Å². The Morgan fingerprint density at radius 1 is 1.54 bits per heavy atom. The third-order valence-corrected chi connectivity index (χ3v) is 1.49. The van der Waals surface area contributed by atoms with E-state index in [0.29, 0.717) is 6.61 Å². The Hall–Kier alpha value is -0.870. The summed E-state index contributed by atoms with van der Waals surface area (Å²) in [6.07, 6.45) is 2.26. The Labute approximate surface area is 78.1 Å². The van der Waals surface area contributed by atoms with E-state index in [4.69, 9.17) is 5.26 Å². The van der Waals surface area contributed by atoms with E-state index in [1.54, 1.807) is 6.92 Å². The molecule has 0 radical (unpaired) electrons. The molecule has 4 nitrogen and oxygen atoms in total. The van der Waals surface area contributed by atoms with Gasteiger partial charge in [0.05, 0.1) is 6.61 Å². The molecule has 0 aliphatic heterocycles. The number of rotatable bonds is 5. The predicted octanol–water partition coefficient (Wildman–Crippen LogP) is 1.62. The Bertz CT molecular complexity index is 174. The fraction of sp³-hybridized carbons (Fsp3) is 0.667. The molecule has 0 spiro atoms. The molecule has 0 aromatic carbocycles. The normalized spacial score (nSPS) is 13.6. The van der Waals surface area contributed by atoms with Gasteiger partial charge in [0.2, 0.25) is 0 Å². The lowest BCUT2D eigenvalue weighted by Crippen LogP contribution is -2.15. The zero-order valence-electron chi connectivity index (χ0n) is 8.19. The van der Waals surface area contributed by atoms with Crippen molar-refractivity contribution in [3.05, 3.63) is 12.2 Å². The molecular formula is C9H16O4. The van der Waals surface area contributed by atoms with Gasteiger partial charge in [-0.15, -0.1) is 0 Å². The van der Waals surface area contributed by atoms with Crippen LogP contribution in [0, 0.1) is 5.92 Å². The fourth-order valence-electron chi connectivity index (χ4n) is 0.743. The Morgan fingerprint density at radius 3 is 2.54 bits per heavy atom. The molecule has 0 aliphatic carbocycles. The molecule has 0 amide bonds. The lowest BCUT2D eigenvalue weighted by Gasteiger charge is -2.11. The first kappa shape index (κ1) is 12.1. The fourth-order valence-corrected chi connectivity index (χ4v) is 0.743. The van der Waals surface area contributed by atoms with Crippen LogP contribution in [0.1, 0.15) is 20.8 Å². The van der Waals surface area contributed by atoms with Crippen molar-refractivity contribution in [1.29, 1.82) is 0 Å². The summed E-state index contributed by atoms with van der Waals surface area (Å²) in [5, 5.41) is 8.44. The van der Waals surface area contributed by atoms with E-state index in [1.165, 1.54) is 12.2 Å². The van der Waals surface area contributed by atoms with Gasteiger partial charge in [0.1, 0.15) is 6.10 Å². The topological polar surface area (TPSA) is 55.8 Å². The highest BCUT2D eigenvalue weighted by Crippen LogP contribution is 2.06. The van der Waals surface area contributed by atoms with Gasteiger partial charge in [0.15, 0.2) is 0 Å². The number of carbonyl (C=O) groups is 1. The van der Waals surface area contributed by atoms with Gasteiger partial charge in [-0.05, 0) is 18.9 Å². The molecule has 0 bridgehead atoms. The van der Waals surface area contributed by atoms with Crippen LogP contribution < -0.4 is 0 Å². The van der Waals surface area contributed by atoms with E-state index in [-0.39, 0.29) is 5.92 Å². The zero-order chi connectivity index (χ0) is 10.3. The van der Waals surface area contributed by atoms with E-state index in [0.717, 1.165) is 0 Å². The van der Waals surface area contributed by atoms with Crippen LogP contribution in [0.5, 0.6) is 0 Å². The molecule has 1 atom stereocenters. The van der Waals surface area contributed by atoms with Crippen molar-refractivity contribution in [3.8, 4) is 0 Å². The monoisotopic (exact) mass is 188 g/mol. The molecule has 0 saturated carbocycles. The van der Waals surface area contributed by atoms with Gasteiger partial charge < -0.3 is 4.74 Å². The van der Waals surface area contributed by atoms with Crippen LogP contribution >= 0.6 is 0 Å². The number of ether oxygens (including phenoxy) is 1. The summed E-state index contributed by atoms with van der Waals surface area (Å²) in [6, 6.07) is 0. The highest BCUT2D eigenvalue weighted by Gasteiger charge is 2.10. The predicted molar refractivity (Wildman–Crippen MR) is 48.1 cm³/mol. The number of hydrogen-bond acceptors (Lipinski definition) is 4. The minimum Gasteiger partial charge on any atom is -0.463 e. The smallest absolute Gasteiger partial charge is 0.330 e. The molecule has 0 heterocycles. The van der Waals surface area contributed by atoms with Crippen molar-refractivity contribution in [2.75, 3.05) is 6.61 Å². The second-order valence-corrected chi connectivity index (χ2v) is 2.93. The van der Waals surface area contributed by atoms with E-state index in [2.05, 4.69) is 9.62 Å². The molecule has 0 saturated heterocycles. The number of hydrogen-bond donors (Lipinski definition) is 1. The maximum Gasteiger partial charge on any atom is 0.330 e. The van der Waals surface area contributed by atoms with Crippen molar-refractivity contribution in [1.82, 2.24) is 0 Å². The molecule has 0 aromatic rings. The molecule has 4 heteroatoms.